The summed E-state index contributed by atoms with van der Waals surface area (Å²) < 4.78 is 2.46. The minimum atomic E-state index is 0.652. The van der Waals surface area contributed by atoms with Crippen LogP contribution in [0.4, 0.5) is 5.69 Å². The highest BCUT2D eigenvalue weighted by Crippen LogP contribution is 2.28. The number of rotatable bonds is 2. The number of aryl methyl sites for hydroxylation is 2. The number of hydrogen-bond acceptors (Lipinski definition) is 2. The lowest BCUT2D eigenvalue weighted by atomic mass is 9.95. The van der Waals surface area contributed by atoms with Crippen LogP contribution in [-0.2, 0) is 0 Å². The monoisotopic (exact) mass is 286 g/mol. The summed E-state index contributed by atoms with van der Waals surface area (Å²) in [4.78, 5) is 6.01. The summed E-state index contributed by atoms with van der Waals surface area (Å²) in [5, 5.41) is 2.24. The van der Waals surface area contributed by atoms with Crippen molar-refractivity contribution in [2.24, 2.45) is 4.99 Å². The van der Waals surface area contributed by atoms with Gasteiger partial charge >= 0.3 is 0 Å². The van der Waals surface area contributed by atoms with Crippen molar-refractivity contribution < 1.29 is 0 Å². The van der Waals surface area contributed by atoms with Crippen LogP contribution < -0.4 is 4.80 Å². The highest BCUT2D eigenvalue weighted by Gasteiger charge is 2.17. The van der Waals surface area contributed by atoms with E-state index < -0.39 is 0 Å². The molecule has 1 fully saturated rings. The Bertz CT molecular complexity index is 628. The van der Waals surface area contributed by atoms with Crippen LogP contribution in [0.25, 0.3) is 0 Å². The van der Waals surface area contributed by atoms with Crippen LogP contribution in [0.3, 0.4) is 0 Å². The Morgan fingerprint density at radius 1 is 1.05 bits per heavy atom. The van der Waals surface area contributed by atoms with Crippen LogP contribution in [0.15, 0.2) is 34.6 Å². The van der Waals surface area contributed by atoms with Gasteiger partial charge in [-0.15, -0.1) is 11.3 Å². The fourth-order valence-electron chi connectivity index (χ4n) is 3.00. The van der Waals surface area contributed by atoms with Crippen molar-refractivity contribution in [2.45, 2.75) is 52.0 Å². The van der Waals surface area contributed by atoms with Gasteiger partial charge in [0.1, 0.15) is 0 Å². The summed E-state index contributed by atoms with van der Waals surface area (Å²) in [6.45, 7) is 4.32. The third kappa shape index (κ3) is 2.88. The standard InChI is InChI=1S/C17H22N2S/c1-13-8-10-15(11-9-13)18-17-19(14(2)12-20-17)16-6-4-3-5-7-16/h8-12,16H,3-7H2,1-2H3. The summed E-state index contributed by atoms with van der Waals surface area (Å²) in [6.07, 6.45) is 6.72. The van der Waals surface area contributed by atoms with Gasteiger partial charge in [0.25, 0.3) is 0 Å². The van der Waals surface area contributed by atoms with Gasteiger partial charge in [-0.3, -0.25) is 0 Å². The van der Waals surface area contributed by atoms with Crippen molar-refractivity contribution in [1.29, 1.82) is 0 Å². The molecular formula is C17H22N2S. The molecular weight excluding hydrogens is 264 g/mol. The molecule has 1 aromatic carbocycles. The van der Waals surface area contributed by atoms with Crippen LogP contribution in [0.1, 0.15) is 49.4 Å². The molecule has 0 saturated heterocycles. The van der Waals surface area contributed by atoms with Gasteiger partial charge in [0.05, 0.1) is 5.69 Å². The summed E-state index contributed by atoms with van der Waals surface area (Å²) in [5.41, 5.74) is 3.70. The first kappa shape index (κ1) is 13.6. The lowest BCUT2D eigenvalue weighted by Crippen LogP contribution is -2.23. The molecule has 0 radical (unpaired) electrons. The lowest BCUT2D eigenvalue weighted by molar-refractivity contribution is 0.344. The Morgan fingerprint density at radius 3 is 2.45 bits per heavy atom. The Kier molecular flexibility index (Phi) is 4.06. The van der Waals surface area contributed by atoms with Gasteiger partial charge in [-0.1, -0.05) is 37.0 Å². The van der Waals surface area contributed by atoms with Crippen LogP contribution in [0.5, 0.6) is 0 Å². The van der Waals surface area contributed by atoms with Crippen molar-refractivity contribution >= 4 is 17.0 Å². The number of hydrogen-bond donors (Lipinski definition) is 0. The second-order valence-corrected chi connectivity index (χ2v) is 6.61. The molecule has 0 unspecified atom stereocenters. The zero-order chi connectivity index (χ0) is 13.9. The van der Waals surface area contributed by atoms with Crippen molar-refractivity contribution in [3.8, 4) is 0 Å². The third-order valence-corrected chi connectivity index (χ3v) is 5.08. The van der Waals surface area contributed by atoms with E-state index in [1.807, 2.05) is 0 Å². The predicted molar refractivity (Wildman–Crippen MR) is 85.6 cm³/mol. The van der Waals surface area contributed by atoms with Gasteiger partial charge in [0.2, 0.25) is 0 Å². The average molecular weight is 286 g/mol. The lowest BCUT2D eigenvalue weighted by Gasteiger charge is -2.24. The van der Waals surface area contributed by atoms with E-state index in [0.29, 0.717) is 6.04 Å². The molecule has 106 valence electrons. The van der Waals surface area contributed by atoms with Crippen LogP contribution in [0.2, 0.25) is 0 Å². The van der Waals surface area contributed by atoms with Gasteiger partial charge in [-0.05, 0) is 38.8 Å². The molecule has 0 N–H and O–H groups in total. The Balaban J connectivity index is 1.99. The molecule has 20 heavy (non-hydrogen) atoms. The first-order valence-electron chi connectivity index (χ1n) is 7.52. The number of aromatic nitrogens is 1. The summed E-state index contributed by atoms with van der Waals surface area (Å²) in [6, 6.07) is 9.12. The summed E-state index contributed by atoms with van der Waals surface area (Å²) in [5.74, 6) is 0. The van der Waals surface area contributed by atoms with E-state index in [2.05, 4.69) is 48.1 Å². The minimum absolute atomic E-state index is 0.652. The smallest absolute Gasteiger partial charge is 0.190 e. The second kappa shape index (κ2) is 5.96. The molecule has 2 aromatic rings. The minimum Gasteiger partial charge on any atom is -0.318 e. The van der Waals surface area contributed by atoms with Crippen LogP contribution in [0, 0.1) is 13.8 Å². The number of benzene rings is 1. The Hall–Kier alpha value is -1.35. The van der Waals surface area contributed by atoms with E-state index in [1.54, 1.807) is 11.3 Å². The maximum Gasteiger partial charge on any atom is 0.190 e. The molecule has 0 aliphatic heterocycles. The fourth-order valence-corrected chi connectivity index (χ4v) is 3.95. The highest BCUT2D eigenvalue weighted by atomic mass is 32.1. The molecule has 0 amide bonds. The summed E-state index contributed by atoms with van der Waals surface area (Å²) in [7, 11) is 0. The normalized spacial score (nSPS) is 17.6. The first-order valence-corrected chi connectivity index (χ1v) is 8.40. The topological polar surface area (TPSA) is 17.3 Å². The van der Waals surface area contributed by atoms with Crippen molar-refractivity contribution in [3.05, 3.63) is 45.7 Å². The summed E-state index contributed by atoms with van der Waals surface area (Å²) >= 11 is 1.77. The molecule has 0 atom stereocenters. The van der Waals surface area contributed by atoms with Crippen LogP contribution in [-0.4, -0.2) is 4.57 Å². The van der Waals surface area contributed by atoms with E-state index in [4.69, 9.17) is 4.99 Å². The van der Waals surface area contributed by atoms with Crippen molar-refractivity contribution in [2.75, 3.05) is 0 Å². The first-order chi connectivity index (χ1) is 9.74. The maximum atomic E-state index is 4.86. The molecule has 1 heterocycles. The molecule has 1 aliphatic carbocycles. The van der Waals surface area contributed by atoms with E-state index in [0.717, 1.165) is 10.5 Å². The third-order valence-electron chi connectivity index (χ3n) is 4.12. The average Bonchev–Trinajstić information content (AvgIpc) is 2.83. The van der Waals surface area contributed by atoms with Gasteiger partial charge in [-0.25, -0.2) is 4.99 Å². The zero-order valence-electron chi connectivity index (χ0n) is 12.3. The van der Waals surface area contributed by atoms with E-state index >= 15 is 0 Å². The van der Waals surface area contributed by atoms with Crippen molar-refractivity contribution in [3.63, 3.8) is 0 Å². The molecule has 3 heteroatoms. The van der Waals surface area contributed by atoms with Gasteiger partial charge in [-0.2, -0.15) is 0 Å². The SMILES string of the molecule is Cc1ccc(N=c2scc(C)n2C2CCCCC2)cc1. The van der Waals surface area contributed by atoms with Crippen molar-refractivity contribution in [1.82, 2.24) is 4.57 Å². The fraction of sp³-hybridized carbons (Fsp3) is 0.471. The molecule has 0 bridgehead atoms. The second-order valence-electron chi connectivity index (χ2n) is 5.77. The molecule has 1 aromatic heterocycles. The highest BCUT2D eigenvalue weighted by molar-refractivity contribution is 7.07. The molecule has 1 saturated carbocycles. The predicted octanol–water partition coefficient (Wildman–Crippen LogP) is 4.90. The van der Waals surface area contributed by atoms with Gasteiger partial charge in [0, 0.05) is 17.1 Å². The number of nitrogens with zero attached hydrogens (tertiary/aromatic N) is 2. The molecule has 3 rings (SSSR count). The van der Waals surface area contributed by atoms with Gasteiger partial charge < -0.3 is 4.57 Å². The van der Waals surface area contributed by atoms with Gasteiger partial charge in [0.15, 0.2) is 4.80 Å². The van der Waals surface area contributed by atoms with E-state index in [-0.39, 0.29) is 0 Å². The number of thiazole rings is 1. The van der Waals surface area contributed by atoms with Crippen LogP contribution >= 0.6 is 11.3 Å². The Morgan fingerprint density at radius 2 is 1.75 bits per heavy atom. The zero-order valence-corrected chi connectivity index (χ0v) is 13.1. The van der Waals surface area contributed by atoms with E-state index in [9.17, 15) is 0 Å². The quantitative estimate of drug-likeness (QED) is 0.747. The molecule has 1 aliphatic rings. The Labute approximate surface area is 124 Å². The largest absolute Gasteiger partial charge is 0.318 e. The van der Waals surface area contributed by atoms with E-state index in [1.165, 1.54) is 43.4 Å². The molecule has 2 nitrogen and oxygen atoms in total. The molecule has 0 spiro atoms. The maximum absolute atomic E-state index is 4.86.